The van der Waals surface area contributed by atoms with Crippen molar-refractivity contribution in [3.63, 3.8) is 0 Å². The van der Waals surface area contributed by atoms with Crippen molar-refractivity contribution in [2.24, 2.45) is 0 Å². The molecule has 0 bridgehead atoms. The molecule has 1 aliphatic heterocycles. The van der Waals surface area contributed by atoms with Crippen molar-refractivity contribution in [1.29, 1.82) is 0 Å². The Balaban J connectivity index is 2.20. The fourth-order valence-corrected chi connectivity index (χ4v) is 1.96. The van der Waals surface area contributed by atoms with Crippen molar-refractivity contribution >= 4 is 23.5 Å². The third kappa shape index (κ3) is 3.70. The molecule has 1 fully saturated rings. The first-order valence-electron chi connectivity index (χ1n) is 5.02. The van der Waals surface area contributed by atoms with Gasteiger partial charge in [-0.05, 0) is 18.4 Å². The van der Waals surface area contributed by atoms with E-state index in [9.17, 15) is 9.59 Å². The monoisotopic (exact) mass is 215 g/mol. The first-order valence-corrected chi connectivity index (χ1v) is 6.42. The number of carbonyl (C=O) groups is 2. The zero-order chi connectivity index (χ0) is 10.4. The van der Waals surface area contributed by atoms with E-state index in [4.69, 9.17) is 0 Å². The van der Waals surface area contributed by atoms with Crippen molar-refractivity contribution in [2.75, 3.05) is 25.1 Å². The summed E-state index contributed by atoms with van der Waals surface area (Å²) in [6.07, 6.45) is 4.73. The van der Waals surface area contributed by atoms with E-state index in [1.165, 1.54) is 0 Å². The third-order valence-corrected chi connectivity index (χ3v) is 3.11. The quantitative estimate of drug-likeness (QED) is 0.664. The second-order valence-corrected chi connectivity index (χ2v) is 4.50. The minimum Gasteiger partial charge on any atom is -0.342 e. The lowest BCUT2D eigenvalue weighted by atomic mass is 10.1. The molecule has 0 N–H and O–H groups in total. The van der Waals surface area contributed by atoms with Gasteiger partial charge < -0.3 is 4.90 Å². The normalized spacial score (nSPS) is 17.2. The Bertz CT molecular complexity index is 208. The molecule has 0 aromatic rings. The van der Waals surface area contributed by atoms with E-state index in [1.807, 2.05) is 11.2 Å². The van der Waals surface area contributed by atoms with Crippen LogP contribution in [0.3, 0.4) is 0 Å². The summed E-state index contributed by atoms with van der Waals surface area (Å²) in [6, 6.07) is 0. The Morgan fingerprint density at radius 1 is 1.43 bits per heavy atom. The van der Waals surface area contributed by atoms with Crippen LogP contribution in [0.2, 0.25) is 0 Å². The minimum atomic E-state index is 0.214. The van der Waals surface area contributed by atoms with E-state index in [0.29, 0.717) is 32.4 Å². The van der Waals surface area contributed by atoms with Crippen molar-refractivity contribution in [3.8, 4) is 0 Å². The maximum Gasteiger partial charge on any atom is 0.222 e. The highest BCUT2D eigenvalue weighted by molar-refractivity contribution is 7.98. The Hall–Kier alpha value is -0.510. The van der Waals surface area contributed by atoms with Crippen molar-refractivity contribution in [3.05, 3.63) is 0 Å². The predicted molar refractivity (Wildman–Crippen MR) is 58.4 cm³/mol. The van der Waals surface area contributed by atoms with E-state index in [1.54, 1.807) is 11.8 Å². The summed E-state index contributed by atoms with van der Waals surface area (Å²) in [5.41, 5.74) is 0. The molecule has 1 heterocycles. The average Bonchev–Trinajstić information content (AvgIpc) is 2.19. The van der Waals surface area contributed by atoms with Crippen LogP contribution in [0.15, 0.2) is 0 Å². The number of Topliss-reactive ketones (excluding diaryl/α,β-unsaturated/α-hetero) is 1. The molecule has 0 aliphatic carbocycles. The SMILES string of the molecule is CSCCCC(=O)N1CCC(=O)CC1. The lowest BCUT2D eigenvalue weighted by Crippen LogP contribution is -2.38. The number of hydrogen-bond donors (Lipinski definition) is 0. The molecule has 80 valence electrons. The van der Waals surface area contributed by atoms with Gasteiger partial charge in [0.15, 0.2) is 0 Å². The summed E-state index contributed by atoms with van der Waals surface area (Å²) in [6.45, 7) is 1.27. The number of ketones is 1. The number of thioether (sulfide) groups is 1. The van der Waals surface area contributed by atoms with Gasteiger partial charge in [-0.3, -0.25) is 9.59 Å². The van der Waals surface area contributed by atoms with Crippen LogP contribution in [0.5, 0.6) is 0 Å². The largest absolute Gasteiger partial charge is 0.342 e. The number of hydrogen-bond acceptors (Lipinski definition) is 3. The molecule has 0 aromatic heterocycles. The first-order chi connectivity index (χ1) is 6.74. The molecule has 1 saturated heterocycles. The summed E-state index contributed by atoms with van der Waals surface area (Å²) in [5, 5.41) is 0. The fraction of sp³-hybridized carbons (Fsp3) is 0.800. The van der Waals surface area contributed by atoms with Crippen LogP contribution in [0.1, 0.15) is 25.7 Å². The molecule has 0 atom stereocenters. The Kier molecular flexibility index (Phi) is 5.01. The second kappa shape index (κ2) is 6.06. The Labute approximate surface area is 89.2 Å². The second-order valence-electron chi connectivity index (χ2n) is 3.52. The maximum atomic E-state index is 11.6. The maximum absolute atomic E-state index is 11.6. The first kappa shape index (κ1) is 11.6. The minimum absolute atomic E-state index is 0.214. The molecule has 4 heteroatoms. The molecule has 14 heavy (non-hydrogen) atoms. The molecular weight excluding hydrogens is 198 g/mol. The van der Waals surface area contributed by atoms with Gasteiger partial charge in [0.1, 0.15) is 5.78 Å². The van der Waals surface area contributed by atoms with Gasteiger partial charge in [-0.15, -0.1) is 0 Å². The van der Waals surface area contributed by atoms with E-state index in [-0.39, 0.29) is 11.7 Å². The molecule has 1 amide bonds. The van der Waals surface area contributed by atoms with Crippen LogP contribution in [0.25, 0.3) is 0 Å². The van der Waals surface area contributed by atoms with E-state index >= 15 is 0 Å². The van der Waals surface area contributed by atoms with Gasteiger partial charge in [0, 0.05) is 32.4 Å². The van der Waals surface area contributed by atoms with Gasteiger partial charge in [-0.2, -0.15) is 11.8 Å². The average molecular weight is 215 g/mol. The number of piperidine rings is 1. The van der Waals surface area contributed by atoms with Crippen molar-refractivity contribution in [1.82, 2.24) is 4.90 Å². The number of nitrogens with zero attached hydrogens (tertiary/aromatic N) is 1. The molecule has 0 spiro atoms. The molecule has 0 aromatic carbocycles. The van der Waals surface area contributed by atoms with E-state index in [0.717, 1.165) is 12.2 Å². The zero-order valence-corrected chi connectivity index (χ0v) is 9.44. The Morgan fingerprint density at radius 2 is 2.07 bits per heavy atom. The van der Waals surface area contributed by atoms with Crippen LogP contribution in [0.4, 0.5) is 0 Å². The fourth-order valence-electron chi connectivity index (χ4n) is 1.53. The highest BCUT2D eigenvalue weighted by atomic mass is 32.2. The summed E-state index contributed by atoms with van der Waals surface area (Å²) < 4.78 is 0. The number of carbonyl (C=O) groups excluding carboxylic acids is 2. The van der Waals surface area contributed by atoms with Gasteiger partial charge in [0.25, 0.3) is 0 Å². The third-order valence-electron chi connectivity index (χ3n) is 2.41. The van der Waals surface area contributed by atoms with Crippen LogP contribution in [-0.4, -0.2) is 41.7 Å². The lowest BCUT2D eigenvalue weighted by molar-refractivity contribution is -0.134. The van der Waals surface area contributed by atoms with Crippen LogP contribution >= 0.6 is 11.8 Å². The predicted octanol–water partition coefficient (Wildman–Crippen LogP) is 1.32. The summed E-state index contributed by atoms with van der Waals surface area (Å²) in [5.74, 6) is 1.54. The highest BCUT2D eigenvalue weighted by Gasteiger charge is 2.19. The molecule has 3 nitrogen and oxygen atoms in total. The topological polar surface area (TPSA) is 37.4 Å². The molecule has 0 radical (unpaired) electrons. The van der Waals surface area contributed by atoms with Crippen molar-refractivity contribution in [2.45, 2.75) is 25.7 Å². The van der Waals surface area contributed by atoms with Gasteiger partial charge in [-0.1, -0.05) is 0 Å². The molecule has 1 aliphatic rings. The van der Waals surface area contributed by atoms with Crippen molar-refractivity contribution < 1.29 is 9.59 Å². The molecule has 1 rings (SSSR count). The van der Waals surface area contributed by atoms with E-state index < -0.39 is 0 Å². The number of rotatable bonds is 4. The molecule has 0 saturated carbocycles. The van der Waals surface area contributed by atoms with Gasteiger partial charge >= 0.3 is 0 Å². The van der Waals surface area contributed by atoms with Crippen LogP contribution in [-0.2, 0) is 9.59 Å². The van der Waals surface area contributed by atoms with Gasteiger partial charge in [-0.25, -0.2) is 0 Å². The van der Waals surface area contributed by atoms with Gasteiger partial charge in [0.2, 0.25) is 5.91 Å². The zero-order valence-electron chi connectivity index (χ0n) is 8.62. The lowest BCUT2D eigenvalue weighted by Gasteiger charge is -2.26. The number of likely N-dealkylation sites (tertiary alicyclic amines) is 1. The Morgan fingerprint density at radius 3 is 2.64 bits per heavy atom. The summed E-state index contributed by atoms with van der Waals surface area (Å²) >= 11 is 1.77. The molecular formula is C10H17NO2S. The van der Waals surface area contributed by atoms with Crippen LogP contribution in [0, 0.1) is 0 Å². The molecule has 0 unspecified atom stereocenters. The van der Waals surface area contributed by atoms with E-state index in [2.05, 4.69) is 0 Å². The van der Waals surface area contributed by atoms with Gasteiger partial charge in [0.05, 0.1) is 0 Å². The summed E-state index contributed by atoms with van der Waals surface area (Å²) in [4.78, 5) is 24.4. The standard InChI is InChI=1S/C10H17NO2S/c1-14-8-2-3-10(13)11-6-4-9(12)5-7-11/h2-8H2,1H3. The summed E-state index contributed by atoms with van der Waals surface area (Å²) in [7, 11) is 0. The van der Waals surface area contributed by atoms with Crippen LogP contribution < -0.4 is 0 Å². The number of amides is 1. The highest BCUT2D eigenvalue weighted by Crippen LogP contribution is 2.09. The smallest absolute Gasteiger partial charge is 0.222 e.